The first-order chi connectivity index (χ1) is 4.93. The van der Waals surface area contributed by atoms with Crippen molar-refractivity contribution in [3.63, 3.8) is 0 Å². The average Bonchev–Trinajstić information content (AvgIpc) is 2.10. The summed E-state index contributed by atoms with van der Waals surface area (Å²) in [5.74, 6) is 0. The normalized spacial score (nSPS) is 14.8. The van der Waals surface area contributed by atoms with Crippen LogP contribution in [0.25, 0.3) is 0 Å². The number of hydrogen-bond donors (Lipinski definition) is 0. The Kier molecular flexibility index (Phi) is 5.74. The van der Waals surface area contributed by atoms with Crippen LogP contribution in [0.1, 0.15) is 26.7 Å². The van der Waals surface area contributed by atoms with E-state index in [0.29, 0.717) is 0 Å². The van der Waals surface area contributed by atoms with Crippen LogP contribution in [-0.4, -0.2) is 6.29 Å². The molecule has 0 amide bonds. The molecule has 0 heterocycles. The highest BCUT2D eigenvalue weighted by Gasteiger charge is 1.91. The van der Waals surface area contributed by atoms with Gasteiger partial charge in [-0.25, -0.2) is 0 Å². The van der Waals surface area contributed by atoms with Crippen LogP contribution >= 0.6 is 0 Å². The van der Waals surface area contributed by atoms with Gasteiger partial charge in [-0.15, -0.1) is 0 Å². The molecule has 0 spiro atoms. The highest BCUT2D eigenvalue weighted by Crippen LogP contribution is 2.05. The van der Waals surface area contributed by atoms with E-state index in [1.807, 2.05) is 32.1 Å². The largest absolute Gasteiger partial charge is 0.298 e. The third kappa shape index (κ3) is 3.23. The van der Waals surface area contributed by atoms with Crippen LogP contribution in [0.4, 0.5) is 0 Å². The Morgan fingerprint density at radius 3 is 2.40 bits per heavy atom. The molecule has 10 heavy (non-hydrogen) atoms. The van der Waals surface area contributed by atoms with Gasteiger partial charge in [-0.05, 0) is 12.8 Å². The predicted octanol–water partition coefficient (Wildman–Crippen LogP) is 2.49. The Labute approximate surface area is 62.4 Å². The summed E-state index contributed by atoms with van der Waals surface area (Å²) in [5.41, 5.74) is 0.816. The van der Waals surface area contributed by atoms with Crippen molar-refractivity contribution in [3.8, 4) is 0 Å². The van der Waals surface area contributed by atoms with Crippen LogP contribution in [-0.2, 0) is 4.79 Å². The van der Waals surface area contributed by atoms with Crippen molar-refractivity contribution in [2.45, 2.75) is 26.7 Å². The van der Waals surface area contributed by atoms with Crippen LogP contribution in [0.2, 0.25) is 0 Å². The lowest BCUT2D eigenvalue weighted by atomic mass is 10.1. The fraction of sp³-hybridized carbons (Fsp3) is 0.444. The fourth-order valence-electron chi connectivity index (χ4n) is 0.721. The van der Waals surface area contributed by atoms with Crippen LogP contribution in [0.5, 0.6) is 0 Å². The third-order valence-electron chi connectivity index (χ3n) is 1.16. The molecule has 0 aromatic heterocycles. The zero-order valence-corrected chi connectivity index (χ0v) is 6.63. The fourth-order valence-corrected chi connectivity index (χ4v) is 0.721. The van der Waals surface area contributed by atoms with Gasteiger partial charge in [0.05, 0.1) is 0 Å². The van der Waals surface area contributed by atoms with Crippen LogP contribution in [0, 0.1) is 0 Å². The van der Waals surface area contributed by atoms with E-state index in [0.717, 1.165) is 24.7 Å². The Balaban J connectivity index is 0.000000371. The molecule has 56 valence electrons. The molecule has 0 aromatic carbocycles. The molecule has 1 nitrogen and oxygen atoms in total. The number of hydrogen-bond acceptors (Lipinski definition) is 1. The van der Waals surface area contributed by atoms with Crippen molar-refractivity contribution < 1.29 is 4.79 Å². The summed E-state index contributed by atoms with van der Waals surface area (Å²) in [6, 6.07) is 0. The number of aldehydes is 1. The van der Waals surface area contributed by atoms with E-state index in [2.05, 4.69) is 0 Å². The van der Waals surface area contributed by atoms with E-state index in [9.17, 15) is 4.79 Å². The van der Waals surface area contributed by atoms with Gasteiger partial charge in [0.25, 0.3) is 0 Å². The van der Waals surface area contributed by atoms with E-state index in [1.54, 1.807) is 0 Å². The molecule has 1 aliphatic rings. The average molecular weight is 138 g/mol. The number of rotatable bonds is 1. The molecular formula is C9H14O. The SMILES string of the molecule is CC.O=CC1=CCCC=C1. The van der Waals surface area contributed by atoms with Crippen molar-refractivity contribution in [3.05, 3.63) is 23.8 Å². The Bertz CT molecular complexity index is 143. The smallest absolute Gasteiger partial charge is 0.149 e. The summed E-state index contributed by atoms with van der Waals surface area (Å²) < 4.78 is 0. The first-order valence-corrected chi connectivity index (χ1v) is 3.75. The number of carbonyl (C=O) groups excluding carboxylic acids is 1. The lowest BCUT2D eigenvalue weighted by molar-refractivity contribution is -0.104. The Hall–Kier alpha value is -0.850. The Morgan fingerprint density at radius 1 is 1.40 bits per heavy atom. The first-order valence-electron chi connectivity index (χ1n) is 3.75. The zero-order valence-electron chi connectivity index (χ0n) is 6.63. The molecule has 0 atom stereocenters. The van der Waals surface area contributed by atoms with Gasteiger partial charge in [-0.3, -0.25) is 4.79 Å². The van der Waals surface area contributed by atoms with Crippen molar-refractivity contribution >= 4 is 6.29 Å². The van der Waals surface area contributed by atoms with E-state index in [-0.39, 0.29) is 0 Å². The molecule has 0 saturated carbocycles. The van der Waals surface area contributed by atoms with Gasteiger partial charge in [0.2, 0.25) is 0 Å². The summed E-state index contributed by atoms with van der Waals surface area (Å²) in [5, 5.41) is 0. The number of carbonyl (C=O) groups is 1. The molecule has 0 radical (unpaired) electrons. The summed E-state index contributed by atoms with van der Waals surface area (Å²) in [6.45, 7) is 4.00. The lowest BCUT2D eigenvalue weighted by Crippen LogP contribution is -1.83. The van der Waals surface area contributed by atoms with Gasteiger partial charge < -0.3 is 0 Å². The molecule has 0 N–H and O–H groups in total. The van der Waals surface area contributed by atoms with Crippen molar-refractivity contribution in [1.29, 1.82) is 0 Å². The standard InChI is InChI=1S/C7H8O.C2H6/c8-6-7-4-2-1-3-5-7;1-2/h2,4-6H,1,3H2;1-2H3. The topological polar surface area (TPSA) is 17.1 Å². The second kappa shape index (κ2) is 6.27. The summed E-state index contributed by atoms with van der Waals surface area (Å²) in [4.78, 5) is 10.0. The predicted molar refractivity (Wildman–Crippen MR) is 43.9 cm³/mol. The van der Waals surface area contributed by atoms with Crippen molar-refractivity contribution in [1.82, 2.24) is 0 Å². The second-order valence-electron chi connectivity index (χ2n) is 1.80. The van der Waals surface area contributed by atoms with Gasteiger partial charge in [0.15, 0.2) is 0 Å². The van der Waals surface area contributed by atoms with Crippen molar-refractivity contribution in [2.75, 3.05) is 0 Å². The van der Waals surface area contributed by atoms with Crippen LogP contribution in [0.15, 0.2) is 23.8 Å². The highest BCUT2D eigenvalue weighted by atomic mass is 16.1. The number of allylic oxidation sites excluding steroid dienone is 4. The van der Waals surface area contributed by atoms with Crippen molar-refractivity contribution in [2.24, 2.45) is 0 Å². The molecular weight excluding hydrogens is 124 g/mol. The molecule has 0 saturated heterocycles. The second-order valence-corrected chi connectivity index (χ2v) is 1.80. The Morgan fingerprint density at radius 2 is 2.10 bits per heavy atom. The molecule has 0 aromatic rings. The molecule has 1 rings (SSSR count). The summed E-state index contributed by atoms with van der Waals surface area (Å²) >= 11 is 0. The summed E-state index contributed by atoms with van der Waals surface area (Å²) in [6.07, 6.45) is 8.81. The third-order valence-corrected chi connectivity index (χ3v) is 1.16. The van der Waals surface area contributed by atoms with Crippen LogP contribution in [0.3, 0.4) is 0 Å². The molecule has 0 fully saturated rings. The lowest BCUT2D eigenvalue weighted by Gasteiger charge is -1.95. The first kappa shape index (κ1) is 9.15. The van der Waals surface area contributed by atoms with Gasteiger partial charge in [0.1, 0.15) is 6.29 Å². The van der Waals surface area contributed by atoms with Gasteiger partial charge in [-0.2, -0.15) is 0 Å². The zero-order chi connectivity index (χ0) is 7.82. The summed E-state index contributed by atoms with van der Waals surface area (Å²) in [7, 11) is 0. The molecule has 1 heteroatoms. The van der Waals surface area contributed by atoms with Gasteiger partial charge in [-0.1, -0.05) is 32.1 Å². The molecule has 1 aliphatic carbocycles. The van der Waals surface area contributed by atoms with E-state index in [4.69, 9.17) is 0 Å². The van der Waals surface area contributed by atoms with E-state index >= 15 is 0 Å². The molecule has 0 unspecified atom stereocenters. The van der Waals surface area contributed by atoms with E-state index < -0.39 is 0 Å². The maximum absolute atomic E-state index is 10.0. The maximum atomic E-state index is 10.0. The van der Waals surface area contributed by atoms with Crippen LogP contribution < -0.4 is 0 Å². The highest BCUT2D eigenvalue weighted by molar-refractivity contribution is 5.77. The quantitative estimate of drug-likeness (QED) is 0.509. The van der Waals surface area contributed by atoms with E-state index in [1.165, 1.54) is 0 Å². The van der Waals surface area contributed by atoms with Gasteiger partial charge >= 0.3 is 0 Å². The minimum Gasteiger partial charge on any atom is -0.298 e. The molecule has 0 aliphatic heterocycles. The monoisotopic (exact) mass is 138 g/mol. The maximum Gasteiger partial charge on any atom is 0.149 e. The molecule has 0 bridgehead atoms. The van der Waals surface area contributed by atoms with Gasteiger partial charge in [0, 0.05) is 5.57 Å². The minimum absolute atomic E-state index is 0.816. The minimum atomic E-state index is 0.816.